The van der Waals surface area contributed by atoms with Gasteiger partial charge >= 0.3 is 5.97 Å². The van der Waals surface area contributed by atoms with Crippen LogP contribution in [0.4, 0.5) is 0 Å². The van der Waals surface area contributed by atoms with Crippen LogP contribution in [0.15, 0.2) is 30.3 Å². The van der Waals surface area contributed by atoms with Gasteiger partial charge in [-0.3, -0.25) is 4.79 Å². The van der Waals surface area contributed by atoms with Gasteiger partial charge in [-0.05, 0) is 51.7 Å². The molecule has 0 radical (unpaired) electrons. The van der Waals surface area contributed by atoms with E-state index in [1.807, 2.05) is 43.5 Å². The Labute approximate surface area is 155 Å². The molecule has 5 heteroatoms. The minimum Gasteiger partial charge on any atom is -0.461 e. The zero-order valence-corrected chi connectivity index (χ0v) is 16.1. The summed E-state index contributed by atoms with van der Waals surface area (Å²) in [5.74, 6) is -0.510. The summed E-state index contributed by atoms with van der Waals surface area (Å²) in [5, 5.41) is 2.98. The summed E-state index contributed by atoms with van der Waals surface area (Å²) in [5.41, 5.74) is 3.80. The second-order valence-electron chi connectivity index (χ2n) is 6.24. The summed E-state index contributed by atoms with van der Waals surface area (Å²) < 4.78 is 7.01. The standard InChI is InChI=1S/C21H28N2O3/c1-5-23-16(4)18(15(3)19(23)21(25)26-6-2)20(24)22-14-10-13-17-11-8-7-9-12-17/h7-9,11-12H,5-6,10,13-14H2,1-4H3,(H,22,24). The quantitative estimate of drug-likeness (QED) is 0.580. The minimum atomic E-state index is -0.377. The van der Waals surface area contributed by atoms with Crippen molar-refractivity contribution in [3.63, 3.8) is 0 Å². The lowest BCUT2D eigenvalue weighted by molar-refractivity contribution is 0.0512. The van der Waals surface area contributed by atoms with Crippen molar-refractivity contribution in [2.75, 3.05) is 13.2 Å². The number of amides is 1. The van der Waals surface area contributed by atoms with Crippen molar-refractivity contribution in [1.82, 2.24) is 9.88 Å². The monoisotopic (exact) mass is 356 g/mol. The Bertz CT molecular complexity index is 763. The number of carbonyl (C=O) groups is 2. The molecule has 1 amide bonds. The fraction of sp³-hybridized carbons (Fsp3) is 0.429. The van der Waals surface area contributed by atoms with Gasteiger partial charge in [-0.2, -0.15) is 0 Å². The molecule has 0 aliphatic carbocycles. The van der Waals surface area contributed by atoms with Crippen LogP contribution in [0.25, 0.3) is 0 Å². The Kier molecular flexibility index (Phi) is 7.01. The minimum absolute atomic E-state index is 0.134. The highest BCUT2D eigenvalue weighted by Crippen LogP contribution is 2.23. The average molecular weight is 356 g/mol. The van der Waals surface area contributed by atoms with Crippen LogP contribution >= 0.6 is 0 Å². The number of carbonyl (C=O) groups excluding carboxylic acids is 2. The van der Waals surface area contributed by atoms with E-state index in [-0.39, 0.29) is 11.9 Å². The lowest BCUT2D eigenvalue weighted by atomic mass is 10.1. The van der Waals surface area contributed by atoms with Crippen LogP contribution in [0.5, 0.6) is 0 Å². The lowest BCUT2D eigenvalue weighted by Crippen LogP contribution is -2.26. The van der Waals surface area contributed by atoms with Crippen LogP contribution in [-0.2, 0) is 17.7 Å². The highest BCUT2D eigenvalue weighted by atomic mass is 16.5. The maximum Gasteiger partial charge on any atom is 0.355 e. The fourth-order valence-electron chi connectivity index (χ4n) is 3.31. The molecule has 1 heterocycles. The number of hydrogen-bond donors (Lipinski definition) is 1. The van der Waals surface area contributed by atoms with E-state index in [2.05, 4.69) is 17.4 Å². The van der Waals surface area contributed by atoms with Gasteiger partial charge in [0.05, 0.1) is 12.2 Å². The third-order valence-electron chi connectivity index (χ3n) is 4.55. The largest absolute Gasteiger partial charge is 0.461 e. The van der Waals surface area contributed by atoms with Crippen molar-refractivity contribution in [2.24, 2.45) is 0 Å². The van der Waals surface area contributed by atoms with Gasteiger partial charge in [0.2, 0.25) is 0 Å². The Hall–Kier alpha value is -2.56. The molecule has 0 unspecified atom stereocenters. The number of aryl methyl sites for hydroxylation is 1. The van der Waals surface area contributed by atoms with Crippen LogP contribution in [0.2, 0.25) is 0 Å². The van der Waals surface area contributed by atoms with Crippen LogP contribution < -0.4 is 5.32 Å². The Morgan fingerprint density at radius 2 is 1.81 bits per heavy atom. The third-order valence-corrected chi connectivity index (χ3v) is 4.55. The number of nitrogens with one attached hydrogen (secondary N) is 1. The van der Waals surface area contributed by atoms with Crippen molar-refractivity contribution in [1.29, 1.82) is 0 Å². The van der Waals surface area contributed by atoms with Gasteiger partial charge in [-0.15, -0.1) is 0 Å². The van der Waals surface area contributed by atoms with Gasteiger partial charge in [0, 0.05) is 18.8 Å². The summed E-state index contributed by atoms with van der Waals surface area (Å²) in [7, 11) is 0. The Morgan fingerprint density at radius 3 is 2.42 bits per heavy atom. The van der Waals surface area contributed by atoms with Gasteiger partial charge in [-0.1, -0.05) is 30.3 Å². The second kappa shape index (κ2) is 9.22. The molecule has 1 N–H and O–H groups in total. The van der Waals surface area contributed by atoms with Crippen LogP contribution in [0.3, 0.4) is 0 Å². The van der Waals surface area contributed by atoms with Crippen LogP contribution in [0, 0.1) is 13.8 Å². The van der Waals surface area contributed by atoms with Crippen molar-refractivity contribution in [3.8, 4) is 0 Å². The third kappa shape index (κ3) is 4.34. The van der Waals surface area contributed by atoms with Crippen LogP contribution in [-0.4, -0.2) is 29.6 Å². The maximum absolute atomic E-state index is 12.7. The molecule has 1 aromatic carbocycles. The first kappa shape index (κ1) is 19.8. The van der Waals surface area contributed by atoms with Gasteiger partial charge in [0.25, 0.3) is 5.91 Å². The zero-order chi connectivity index (χ0) is 19.1. The van der Waals surface area contributed by atoms with E-state index in [0.717, 1.165) is 18.5 Å². The second-order valence-corrected chi connectivity index (χ2v) is 6.24. The average Bonchev–Trinajstić information content (AvgIpc) is 2.89. The normalized spacial score (nSPS) is 10.6. The van der Waals surface area contributed by atoms with Gasteiger partial charge < -0.3 is 14.6 Å². The highest BCUT2D eigenvalue weighted by Gasteiger charge is 2.26. The van der Waals surface area contributed by atoms with E-state index in [0.29, 0.717) is 36.5 Å². The summed E-state index contributed by atoms with van der Waals surface area (Å²) >= 11 is 0. The topological polar surface area (TPSA) is 60.3 Å². The number of benzene rings is 1. The molecule has 26 heavy (non-hydrogen) atoms. The first-order chi connectivity index (χ1) is 12.5. The molecule has 140 valence electrons. The predicted molar refractivity (Wildman–Crippen MR) is 103 cm³/mol. The molecule has 2 rings (SSSR count). The van der Waals surface area contributed by atoms with Gasteiger partial charge in [0.15, 0.2) is 0 Å². The van der Waals surface area contributed by atoms with Gasteiger partial charge in [0.1, 0.15) is 5.69 Å². The van der Waals surface area contributed by atoms with Crippen molar-refractivity contribution >= 4 is 11.9 Å². The van der Waals surface area contributed by atoms with E-state index in [4.69, 9.17) is 4.74 Å². The van der Waals surface area contributed by atoms with E-state index in [1.54, 1.807) is 6.92 Å². The fourth-order valence-corrected chi connectivity index (χ4v) is 3.31. The smallest absolute Gasteiger partial charge is 0.355 e. The van der Waals surface area contributed by atoms with Gasteiger partial charge in [-0.25, -0.2) is 4.79 Å². The number of hydrogen-bond acceptors (Lipinski definition) is 3. The zero-order valence-electron chi connectivity index (χ0n) is 16.1. The van der Waals surface area contributed by atoms with E-state index in [9.17, 15) is 9.59 Å². The molecule has 0 spiro atoms. The predicted octanol–water partition coefficient (Wildman–Crippen LogP) is 3.66. The van der Waals surface area contributed by atoms with Crippen molar-refractivity contribution < 1.29 is 14.3 Å². The highest BCUT2D eigenvalue weighted by molar-refractivity contribution is 6.01. The molecule has 0 bridgehead atoms. The molecule has 0 saturated heterocycles. The summed E-state index contributed by atoms with van der Waals surface area (Å²) in [4.78, 5) is 25.0. The van der Waals surface area contributed by atoms with Crippen molar-refractivity contribution in [2.45, 2.75) is 47.1 Å². The molecule has 0 aliphatic heterocycles. The SMILES string of the molecule is CCOC(=O)c1c(C)c(C(=O)NCCCc2ccccc2)c(C)n1CC. The molecule has 5 nitrogen and oxygen atoms in total. The molecular formula is C21H28N2O3. The molecule has 2 aromatic rings. The van der Waals surface area contributed by atoms with Crippen molar-refractivity contribution in [3.05, 3.63) is 58.4 Å². The molecule has 0 atom stereocenters. The van der Waals surface area contributed by atoms with E-state index >= 15 is 0 Å². The Balaban J connectivity index is 2.07. The number of rotatable bonds is 8. The first-order valence-corrected chi connectivity index (χ1v) is 9.20. The number of ether oxygens (including phenoxy) is 1. The molecular weight excluding hydrogens is 328 g/mol. The lowest BCUT2D eigenvalue weighted by Gasteiger charge is -2.08. The first-order valence-electron chi connectivity index (χ1n) is 9.20. The molecule has 0 saturated carbocycles. The molecule has 0 aliphatic rings. The number of nitrogens with zero attached hydrogens (tertiary/aromatic N) is 1. The Morgan fingerprint density at radius 1 is 1.12 bits per heavy atom. The van der Waals surface area contributed by atoms with E-state index < -0.39 is 0 Å². The number of esters is 1. The number of aromatic nitrogens is 1. The van der Waals surface area contributed by atoms with Crippen LogP contribution in [0.1, 0.15) is 57.9 Å². The molecule has 1 aromatic heterocycles. The molecule has 0 fully saturated rings. The summed E-state index contributed by atoms with van der Waals surface area (Å²) in [6.45, 7) is 8.94. The maximum atomic E-state index is 12.7. The summed E-state index contributed by atoms with van der Waals surface area (Å²) in [6.07, 6.45) is 1.79. The van der Waals surface area contributed by atoms with E-state index in [1.165, 1.54) is 5.56 Å². The summed E-state index contributed by atoms with van der Waals surface area (Å²) in [6, 6.07) is 10.2.